The third-order valence-corrected chi connectivity index (χ3v) is 4.82. The zero-order chi connectivity index (χ0) is 13.8. The van der Waals surface area contributed by atoms with E-state index in [4.69, 9.17) is 16.3 Å². The molecule has 1 atom stereocenters. The summed E-state index contributed by atoms with van der Waals surface area (Å²) in [6.07, 6.45) is 0. The highest BCUT2D eigenvalue weighted by atomic mass is 35.5. The van der Waals surface area contributed by atoms with Gasteiger partial charge >= 0.3 is 0 Å². The van der Waals surface area contributed by atoms with E-state index in [9.17, 15) is 0 Å². The maximum absolute atomic E-state index is 6.39. The van der Waals surface area contributed by atoms with E-state index in [1.165, 1.54) is 10.4 Å². The summed E-state index contributed by atoms with van der Waals surface area (Å²) < 4.78 is 5.20. The van der Waals surface area contributed by atoms with Crippen molar-refractivity contribution >= 4 is 22.9 Å². The molecule has 102 valence electrons. The number of benzene rings is 1. The highest BCUT2D eigenvalue weighted by molar-refractivity contribution is 7.10. The van der Waals surface area contributed by atoms with Gasteiger partial charge in [0.2, 0.25) is 0 Å². The number of methoxy groups -OCH3 is 1. The van der Waals surface area contributed by atoms with Gasteiger partial charge in [0.15, 0.2) is 0 Å². The van der Waals surface area contributed by atoms with E-state index in [0.29, 0.717) is 0 Å². The molecule has 2 rings (SSSR count). The fourth-order valence-electron chi connectivity index (χ4n) is 2.01. The molecule has 1 heterocycles. The summed E-state index contributed by atoms with van der Waals surface area (Å²) in [4.78, 5) is 1.17. The molecule has 0 saturated heterocycles. The van der Waals surface area contributed by atoms with Gasteiger partial charge in [0.1, 0.15) is 5.75 Å². The van der Waals surface area contributed by atoms with Gasteiger partial charge in [-0.25, -0.2) is 0 Å². The van der Waals surface area contributed by atoms with Gasteiger partial charge in [0.05, 0.1) is 18.2 Å². The lowest BCUT2D eigenvalue weighted by Gasteiger charge is -2.18. The van der Waals surface area contributed by atoms with E-state index < -0.39 is 0 Å². The van der Waals surface area contributed by atoms with E-state index in [1.54, 1.807) is 18.4 Å². The van der Waals surface area contributed by atoms with E-state index in [-0.39, 0.29) is 6.04 Å². The van der Waals surface area contributed by atoms with Crippen LogP contribution in [0, 0.1) is 6.92 Å². The average molecular weight is 296 g/mol. The molecule has 1 unspecified atom stereocenters. The zero-order valence-corrected chi connectivity index (χ0v) is 12.9. The van der Waals surface area contributed by atoms with Crippen LogP contribution in [0.25, 0.3) is 0 Å². The molecule has 2 aromatic rings. The van der Waals surface area contributed by atoms with Crippen molar-refractivity contribution in [1.29, 1.82) is 0 Å². The Kier molecular flexibility index (Phi) is 4.86. The lowest BCUT2D eigenvalue weighted by molar-refractivity contribution is 0.414. The monoisotopic (exact) mass is 295 g/mol. The van der Waals surface area contributed by atoms with Crippen molar-refractivity contribution in [2.24, 2.45) is 0 Å². The van der Waals surface area contributed by atoms with Crippen LogP contribution in [0.5, 0.6) is 5.75 Å². The van der Waals surface area contributed by atoms with Crippen LogP contribution in [-0.2, 0) is 0 Å². The molecule has 0 spiro atoms. The van der Waals surface area contributed by atoms with Gasteiger partial charge in [0.25, 0.3) is 0 Å². The molecular weight excluding hydrogens is 278 g/mol. The van der Waals surface area contributed by atoms with Crippen molar-refractivity contribution in [3.8, 4) is 5.75 Å². The van der Waals surface area contributed by atoms with Crippen LogP contribution in [0.15, 0.2) is 29.6 Å². The van der Waals surface area contributed by atoms with Gasteiger partial charge in [-0.3, -0.25) is 0 Å². The van der Waals surface area contributed by atoms with Crippen molar-refractivity contribution in [2.45, 2.75) is 19.9 Å². The van der Waals surface area contributed by atoms with E-state index in [0.717, 1.165) is 22.9 Å². The highest BCUT2D eigenvalue weighted by Gasteiger charge is 2.19. The highest BCUT2D eigenvalue weighted by Crippen LogP contribution is 2.36. The predicted octanol–water partition coefficient (Wildman–Crippen LogP) is 4.42. The van der Waals surface area contributed by atoms with Gasteiger partial charge in [-0.1, -0.05) is 30.7 Å². The second-order valence-corrected chi connectivity index (χ2v) is 5.65. The van der Waals surface area contributed by atoms with Gasteiger partial charge < -0.3 is 10.1 Å². The number of rotatable bonds is 5. The predicted molar refractivity (Wildman–Crippen MR) is 82.6 cm³/mol. The Morgan fingerprint density at radius 3 is 2.47 bits per heavy atom. The molecule has 0 bridgehead atoms. The molecule has 0 aliphatic carbocycles. The molecule has 0 saturated carbocycles. The van der Waals surface area contributed by atoms with Gasteiger partial charge in [-0.05, 0) is 42.1 Å². The summed E-state index contributed by atoms with van der Waals surface area (Å²) in [5.74, 6) is 0.868. The molecule has 0 aliphatic heterocycles. The zero-order valence-electron chi connectivity index (χ0n) is 11.4. The summed E-state index contributed by atoms with van der Waals surface area (Å²) in [7, 11) is 1.68. The molecule has 0 fully saturated rings. The fourth-order valence-corrected chi connectivity index (χ4v) is 3.41. The van der Waals surface area contributed by atoms with E-state index in [2.05, 4.69) is 29.8 Å². The molecule has 2 nitrogen and oxygen atoms in total. The maximum Gasteiger partial charge on any atom is 0.118 e. The van der Waals surface area contributed by atoms with Crippen molar-refractivity contribution < 1.29 is 4.74 Å². The smallest absolute Gasteiger partial charge is 0.118 e. The standard InChI is InChI=1S/C15H18ClNOS/c1-4-17-14(15-13(16)10(2)9-19-15)11-5-7-12(18-3)8-6-11/h5-9,14,17H,4H2,1-3H3. The SMILES string of the molecule is CCNC(c1ccc(OC)cc1)c1scc(C)c1Cl. The normalized spacial score (nSPS) is 12.4. The number of ether oxygens (including phenoxy) is 1. The van der Waals surface area contributed by atoms with Crippen LogP contribution in [0.1, 0.15) is 29.0 Å². The minimum Gasteiger partial charge on any atom is -0.497 e. The number of aryl methyl sites for hydroxylation is 1. The van der Waals surface area contributed by atoms with Gasteiger partial charge in [-0.15, -0.1) is 11.3 Å². The Labute approximate surface area is 123 Å². The summed E-state index contributed by atoms with van der Waals surface area (Å²) in [5, 5.41) is 6.46. The van der Waals surface area contributed by atoms with Crippen LogP contribution in [0.4, 0.5) is 0 Å². The average Bonchev–Trinajstić information content (AvgIpc) is 2.77. The second kappa shape index (κ2) is 6.42. The largest absolute Gasteiger partial charge is 0.497 e. The molecule has 1 N–H and O–H groups in total. The lowest BCUT2D eigenvalue weighted by atomic mass is 10.0. The second-order valence-electron chi connectivity index (χ2n) is 4.36. The van der Waals surface area contributed by atoms with E-state index in [1.807, 2.05) is 19.1 Å². The van der Waals surface area contributed by atoms with Crippen molar-refractivity contribution in [3.05, 3.63) is 50.7 Å². The van der Waals surface area contributed by atoms with Crippen molar-refractivity contribution in [2.75, 3.05) is 13.7 Å². The fraction of sp³-hybridized carbons (Fsp3) is 0.333. The lowest BCUT2D eigenvalue weighted by Crippen LogP contribution is -2.21. The Hall–Kier alpha value is -1.03. The minimum atomic E-state index is 0.141. The van der Waals surface area contributed by atoms with Crippen LogP contribution < -0.4 is 10.1 Å². The summed E-state index contributed by atoms with van der Waals surface area (Å²) in [5.41, 5.74) is 2.34. The Bertz CT molecular complexity index is 536. The van der Waals surface area contributed by atoms with Crippen LogP contribution >= 0.6 is 22.9 Å². The molecule has 4 heteroatoms. The molecule has 0 radical (unpaired) electrons. The van der Waals surface area contributed by atoms with Crippen LogP contribution in [0.3, 0.4) is 0 Å². The number of nitrogens with one attached hydrogen (secondary N) is 1. The van der Waals surface area contributed by atoms with Gasteiger partial charge in [0, 0.05) is 4.88 Å². The number of hydrogen-bond donors (Lipinski definition) is 1. The van der Waals surface area contributed by atoms with E-state index >= 15 is 0 Å². The Morgan fingerprint density at radius 1 is 1.32 bits per heavy atom. The summed E-state index contributed by atoms with van der Waals surface area (Å²) in [6, 6.07) is 8.26. The van der Waals surface area contributed by atoms with Crippen LogP contribution in [-0.4, -0.2) is 13.7 Å². The molecule has 0 aliphatic rings. The first-order valence-electron chi connectivity index (χ1n) is 6.28. The summed E-state index contributed by atoms with van der Waals surface area (Å²) in [6.45, 7) is 5.04. The van der Waals surface area contributed by atoms with Crippen molar-refractivity contribution in [3.63, 3.8) is 0 Å². The first kappa shape index (κ1) is 14.4. The third kappa shape index (κ3) is 3.11. The maximum atomic E-state index is 6.39. The first-order valence-corrected chi connectivity index (χ1v) is 7.54. The molecule has 1 aromatic carbocycles. The topological polar surface area (TPSA) is 21.3 Å². The first-order chi connectivity index (χ1) is 9.17. The number of thiophene rings is 1. The Balaban J connectivity index is 2.36. The molecular formula is C15H18ClNOS. The van der Waals surface area contributed by atoms with Crippen LogP contribution in [0.2, 0.25) is 5.02 Å². The summed E-state index contributed by atoms with van der Waals surface area (Å²) >= 11 is 8.10. The Morgan fingerprint density at radius 2 is 2.00 bits per heavy atom. The number of hydrogen-bond acceptors (Lipinski definition) is 3. The third-order valence-electron chi connectivity index (χ3n) is 3.04. The molecule has 19 heavy (non-hydrogen) atoms. The minimum absolute atomic E-state index is 0.141. The number of halogens is 1. The van der Waals surface area contributed by atoms with Crippen molar-refractivity contribution in [1.82, 2.24) is 5.32 Å². The molecule has 1 aromatic heterocycles. The molecule has 0 amide bonds. The quantitative estimate of drug-likeness (QED) is 0.882. The van der Waals surface area contributed by atoms with Gasteiger partial charge in [-0.2, -0.15) is 0 Å².